The third-order valence-electron chi connectivity index (χ3n) is 4.36. The Balaban J connectivity index is 1.61. The largest absolute Gasteiger partial charge is 0.459 e. The molecule has 2 aromatic rings. The van der Waals surface area contributed by atoms with Crippen LogP contribution >= 0.6 is 0 Å². The number of hydrogen-bond donors (Lipinski definition) is 1. The summed E-state index contributed by atoms with van der Waals surface area (Å²) < 4.78 is 52.4. The number of ether oxygens (including phenoxy) is 3. The Morgan fingerprint density at radius 3 is 2.14 bits per heavy atom. The first-order valence-electron chi connectivity index (χ1n) is 9.04. The summed E-state index contributed by atoms with van der Waals surface area (Å²) in [7, 11) is -4.70. The zero-order valence-electron chi connectivity index (χ0n) is 15.5. The van der Waals surface area contributed by atoms with Crippen molar-refractivity contribution in [1.29, 1.82) is 0 Å². The topological polar surface area (TPSA) is 108 Å². The summed E-state index contributed by atoms with van der Waals surface area (Å²) in [4.78, 5) is 12.4. The summed E-state index contributed by atoms with van der Waals surface area (Å²) in [5, 5.41) is 0. The Hall–Kier alpha value is -2.30. The Morgan fingerprint density at radius 1 is 0.966 bits per heavy atom. The summed E-state index contributed by atoms with van der Waals surface area (Å²) in [6.45, 7) is 0.0347. The van der Waals surface area contributed by atoms with E-state index in [2.05, 4.69) is 4.18 Å². The van der Waals surface area contributed by atoms with Gasteiger partial charge in [-0.15, -0.1) is 0 Å². The maximum absolute atomic E-state index is 12.4. The van der Waals surface area contributed by atoms with Crippen molar-refractivity contribution < 1.29 is 36.2 Å². The molecule has 3 atom stereocenters. The van der Waals surface area contributed by atoms with E-state index in [1.165, 1.54) is 0 Å². The molecule has 8 nitrogen and oxygen atoms in total. The van der Waals surface area contributed by atoms with Crippen molar-refractivity contribution in [2.24, 2.45) is 0 Å². The lowest BCUT2D eigenvalue weighted by Crippen LogP contribution is -2.48. The van der Waals surface area contributed by atoms with Crippen molar-refractivity contribution in [3.05, 3.63) is 71.8 Å². The average Bonchev–Trinajstić information content (AvgIpc) is 2.71. The molecule has 156 valence electrons. The van der Waals surface area contributed by atoms with Crippen LogP contribution in [0.15, 0.2) is 60.7 Å². The minimum Gasteiger partial charge on any atom is -0.459 e. The van der Waals surface area contributed by atoms with E-state index in [4.69, 9.17) is 18.8 Å². The fraction of sp³-hybridized carbons (Fsp3) is 0.350. The van der Waals surface area contributed by atoms with Crippen molar-refractivity contribution in [2.75, 3.05) is 6.61 Å². The van der Waals surface area contributed by atoms with Gasteiger partial charge in [0.1, 0.15) is 12.7 Å². The van der Waals surface area contributed by atoms with Gasteiger partial charge in [0.05, 0.1) is 19.3 Å². The molecule has 1 aliphatic rings. The Labute approximate surface area is 169 Å². The molecule has 0 aliphatic carbocycles. The fourth-order valence-corrected chi connectivity index (χ4v) is 3.43. The summed E-state index contributed by atoms with van der Waals surface area (Å²) >= 11 is 0. The molecule has 29 heavy (non-hydrogen) atoms. The third-order valence-corrected chi connectivity index (χ3v) is 4.85. The van der Waals surface area contributed by atoms with Crippen LogP contribution in [0.2, 0.25) is 0 Å². The highest BCUT2D eigenvalue weighted by Crippen LogP contribution is 2.23. The van der Waals surface area contributed by atoms with Gasteiger partial charge in [0.15, 0.2) is 6.10 Å². The van der Waals surface area contributed by atoms with Gasteiger partial charge < -0.3 is 14.2 Å². The predicted molar refractivity (Wildman–Crippen MR) is 102 cm³/mol. The quantitative estimate of drug-likeness (QED) is 0.510. The Bertz CT molecular complexity index is 885. The number of hydrogen-bond acceptors (Lipinski definition) is 7. The molecule has 3 rings (SSSR count). The first-order chi connectivity index (χ1) is 13.9. The molecule has 1 fully saturated rings. The lowest BCUT2D eigenvalue weighted by molar-refractivity contribution is -0.179. The van der Waals surface area contributed by atoms with Crippen LogP contribution in [0.3, 0.4) is 0 Å². The van der Waals surface area contributed by atoms with E-state index in [1.54, 1.807) is 0 Å². The highest BCUT2D eigenvalue weighted by atomic mass is 32.3. The maximum atomic E-state index is 12.4. The van der Waals surface area contributed by atoms with Crippen LogP contribution in [0.25, 0.3) is 0 Å². The van der Waals surface area contributed by atoms with E-state index >= 15 is 0 Å². The van der Waals surface area contributed by atoms with Crippen LogP contribution < -0.4 is 0 Å². The van der Waals surface area contributed by atoms with E-state index < -0.39 is 34.7 Å². The second-order valence-electron chi connectivity index (χ2n) is 6.55. The van der Waals surface area contributed by atoms with Gasteiger partial charge in [0.2, 0.25) is 0 Å². The fourth-order valence-electron chi connectivity index (χ4n) is 2.93. The van der Waals surface area contributed by atoms with Gasteiger partial charge in [-0.2, -0.15) is 8.42 Å². The van der Waals surface area contributed by atoms with Crippen LogP contribution in [-0.2, 0) is 46.8 Å². The SMILES string of the molecule is O=C(OCc1ccccc1)C1C[C@H](OCc2ccccc2)C(OS(=O)(=O)O)CO1. The summed E-state index contributed by atoms with van der Waals surface area (Å²) in [5.41, 5.74) is 1.70. The predicted octanol–water partition coefficient (Wildman–Crippen LogP) is 2.29. The highest BCUT2D eigenvalue weighted by molar-refractivity contribution is 7.80. The number of carbonyl (C=O) groups is 1. The molecule has 1 N–H and O–H groups in total. The van der Waals surface area contributed by atoms with Crippen molar-refractivity contribution >= 4 is 16.4 Å². The van der Waals surface area contributed by atoms with Gasteiger partial charge in [-0.25, -0.2) is 8.98 Å². The van der Waals surface area contributed by atoms with Crippen LogP contribution in [0.1, 0.15) is 17.5 Å². The van der Waals surface area contributed by atoms with E-state index in [0.717, 1.165) is 11.1 Å². The molecule has 1 heterocycles. The van der Waals surface area contributed by atoms with E-state index in [0.29, 0.717) is 0 Å². The highest BCUT2D eigenvalue weighted by Gasteiger charge is 2.39. The van der Waals surface area contributed by atoms with Crippen molar-refractivity contribution in [1.82, 2.24) is 0 Å². The molecule has 0 amide bonds. The monoisotopic (exact) mass is 422 g/mol. The summed E-state index contributed by atoms with van der Waals surface area (Å²) in [6, 6.07) is 18.5. The van der Waals surface area contributed by atoms with E-state index in [-0.39, 0.29) is 26.2 Å². The van der Waals surface area contributed by atoms with Gasteiger partial charge in [-0.05, 0) is 11.1 Å². The summed E-state index contributed by atoms with van der Waals surface area (Å²) in [6.07, 6.45) is -2.77. The van der Waals surface area contributed by atoms with Crippen LogP contribution in [0.5, 0.6) is 0 Å². The number of esters is 1. The number of carbonyl (C=O) groups excluding carboxylic acids is 1. The van der Waals surface area contributed by atoms with Crippen molar-refractivity contribution in [3.63, 3.8) is 0 Å². The van der Waals surface area contributed by atoms with E-state index in [1.807, 2.05) is 60.7 Å². The molecule has 9 heteroatoms. The Kier molecular flexibility index (Phi) is 7.34. The molecule has 0 saturated carbocycles. The normalized spacial score (nSPS) is 22.2. The maximum Gasteiger partial charge on any atom is 0.397 e. The third kappa shape index (κ3) is 6.91. The standard InChI is InChI=1S/C20H22O8S/c21-20(27-13-16-9-5-2-6-10-16)18-11-17(19(14-26-18)28-29(22,23)24)25-12-15-7-3-1-4-8-15/h1-10,17-19H,11-14H2,(H,22,23,24)/t17-,18?,19?/m0/s1. The lowest BCUT2D eigenvalue weighted by atomic mass is 10.0. The molecule has 0 bridgehead atoms. The average molecular weight is 422 g/mol. The molecule has 0 radical (unpaired) electrons. The summed E-state index contributed by atoms with van der Waals surface area (Å²) in [5.74, 6) is -0.576. The van der Waals surface area contributed by atoms with Crippen molar-refractivity contribution in [2.45, 2.75) is 37.9 Å². The molecule has 1 saturated heterocycles. The van der Waals surface area contributed by atoms with Gasteiger partial charge in [-0.1, -0.05) is 60.7 Å². The molecular weight excluding hydrogens is 400 g/mol. The number of benzene rings is 2. The first kappa shape index (κ1) is 21.4. The van der Waals surface area contributed by atoms with Crippen LogP contribution in [0, 0.1) is 0 Å². The zero-order chi connectivity index (χ0) is 20.7. The molecule has 0 spiro atoms. The van der Waals surface area contributed by atoms with Gasteiger partial charge in [0, 0.05) is 6.42 Å². The molecule has 0 aromatic heterocycles. The zero-order valence-corrected chi connectivity index (χ0v) is 16.4. The molecule has 2 aromatic carbocycles. The van der Waals surface area contributed by atoms with Gasteiger partial charge in [-0.3, -0.25) is 4.55 Å². The number of rotatable bonds is 8. The smallest absolute Gasteiger partial charge is 0.397 e. The molecule has 1 aliphatic heterocycles. The molecule has 2 unspecified atom stereocenters. The minimum absolute atomic E-state index is 0.0284. The van der Waals surface area contributed by atoms with Gasteiger partial charge >= 0.3 is 16.4 Å². The lowest BCUT2D eigenvalue weighted by Gasteiger charge is -2.33. The van der Waals surface area contributed by atoms with Crippen LogP contribution in [0.4, 0.5) is 0 Å². The first-order valence-corrected chi connectivity index (χ1v) is 10.4. The second kappa shape index (κ2) is 9.95. The molecular formula is C20H22O8S. The van der Waals surface area contributed by atoms with Crippen molar-refractivity contribution in [3.8, 4) is 0 Å². The Morgan fingerprint density at radius 2 is 1.55 bits per heavy atom. The van der Waals surface area contributed by atoms with E-state index in [9.17, 15) is 13.2 Å². The van der Waals surface area contributed by atoms with Crippen LogP contribution in [-0.4, -0.2) is 43.9 Å². The van der Waals surface area contributed by atoms with Gasteiger partial charge in [0.25, 0.3) is 0 Å². The second-order valence-corrected chi connectivity index (χ2v) is 7.60. The minimum atomic E-state index is -4.70.